The number of rotatable bonds is 3. The summed E-state index contributed by atoms with van der Waals surface area (Å²) in [5, 5.41) is 8.92. The molecule has 6 heteroatoms. The summed E-state index contributed by atoms with van der Waals surface area (Å²) in [6.07, 6.45) is 3.40. The zero-order valence-corrected chi connectivity index (χ0v) is 11.0. The predicted octanol–water partition coefficient (Wildman–Crippen LogP) is 1.37. The Kier molecular flexibility index (Phi) is 3.06. The Hall–Kier alpha value is -2.50. The van der Waals surface area contributed by atoms with Crippen molar-refractivity contribution < 1.29 is 9.90 Å². The Morgan fingerprint density at radius 2 is 2.00 bits per heavy atom. The molecule has 3 heterocycles. The van der Waals surface area contributed by atoms with Crippen molar-refractivity contribution in [3.8, 4) is 11.4 Å². The van der Waals surface area contributed by atoms with Crippen LogP contribution in [0.25, 0.3) is 11.4 Å². The molecule has 0 saturated carbocycles. The fraction of sp³-hybridized carbons (Fsp3) is 0.286. The number of aliphatic carboxylic acids is 1. The van der Waals surface area contributed by atoms with Crippen molar-refractivity contribution in [3.05, 3.63) is 36.3 Å². The van der Waals surface area contributed by atoms with Gasteiger partial charge in [0, 0.05) is 42.8 Å². The van der Waals surface area contributed by atoms with Crippen LogP contribution in [-0.4, -0.2) is 39.1 Å². The summed E-state index contributed by atoms with van der Waals surface area (Å²) in [7, 11) is 0. The third-order valence-corrected chi connectivity index (χ3v) is 3.33. The maximum Gasteiger partial charge on any atom is 0.310 e. The average Bonchev–Trinajstić information content (AvgIpc) is 2.37. The van der Waals surface area contributed by atoms with Crippen LogP contribution in [-0.2, 0) is 4.79 Å². The number of anilines is 1. The van der Waals surface area contributed by atoms with Gasteiger partial charge in [0.2, 0.25) is 0 Å². The minimum Gasteiger partial charge on any atom is -0.481 e. The number of carbonyl (C=O) groups is 1. The van der Waals surface area contributed by atoms with E-state index in [9.17, 15) is 4.79 Å². The van der Waals surface area contributed by atoms with Crippen LogP contribution in [0.2, 0.25) is 0 Å². The predicted molar refractivity (Wildman–Crippen MR) is 73.3 cm³/mol. The Morgan fingerprint density at radius 3 is 2.65 bits per heavy atom. The number of hydrogen-bond donors (Lipinski definition) is 1. The molecule has 102 valence electrons. The first-order valence-corrected chi connectivity index (χ1v) is 6.37. The van der Waals surface area contributed by atoms with E-state index in [4.69, 9.17) is 5.11 Å². The van der Waals surface area contributed by atoms with E-state index >= 15 is 0 Å². The molecule has 0 unspecified atom stereocenters. The van der Waals surface area contributed by atoms with Crippen LogP contribution < -0.4 is 4.90 Å². The molecule has 20 heavy (non-hydrogen) atoms. The third kappa shape index (κ3) is 2.32. The summed E-state index contributed by atoms with van der Waals surface area (Å²) in [6, 6.07) is 5.59. The minimum atomic E-state index is -0.749. The second-order valence-electron chi connectivity index (χ2n) is 4.87. The van der Waals surface area contributed by atoms with E-state index < -0.39 is 5.97 Å². The highest BCUT2D eigenvalue weighted by Gasteiger charge is 2.33. The topological polar surface area (TPSA) is 79.2 Å². The highest BCUT2D eigenvalue weighted by molar-refractivity contribution is 5.74. The summed E-state index contributed by atoms with van der Waals surface area (Å²) in [5.74, 6) is 0.374. The maximum absolute atomic E-state index is 10.8. The van der Waals surface area contributed by atoms with E-state index in [-0.39, 0.29) is 5.92 Å². The van der Waals surface area contributed by atoms with Crippen LogP contribution in [0, 0.1) is 12.8 Å². The van der Waals surface area contributed by atoms with Crippen LogP contribution in [0.5, 0.6) is 0 Å². The molecule has 0 aromatic carbocycles. The van der Waals surface area contributed by atoms with Crippen molar-refractivity contribution in [2.75, 3.05) is 18.0 Å². The van der Waals surface area contributed by atoms with Gasteiger partial charge in [-0.05, 0) is 19.1 Å². The first kappa shape index (κ1) is 12.5. The van der Waals surface area contributed by atoms with Gasteiger partial charge in [-0.25, -0.2) is 9.97 Å². The van der Waals surface area contributed by atoms with Crippen LogP contribution >= 0.6 is 0 Å². The van der Waals surface area contributed by atoms with Crippen LogP contribution in [0.1, 0.15) is 5.69 Å². The summed E-state index contributed by atoms with van der Waals surface area (Å²) in [6.45, 7) is 2.91. The molecular formula is C14H14N4O2. The lowest BCUT2D eigenvalue weighted by Crippen LogP contribution is -2.50. The number of carboxylic acid groups (broad SMARTS) is 1. The average molecular weight is 270 g/mol. The molecule has 1 N–H and O–H groups in total. The van der Waals surface area contributed by atoms with E-state index in [1.165, 1.54) is 0 Å². The standard InChI is InChI=1S/C14H14N4O2/c1-9-6-12(18-7-11(8-18)14(19)20)17-13(16-9)10-2-4-15-5-3-10/h2-6,11H,7-8H2,1H3,(H,19,20). The number of pyridine rings is 1. The summed E-state index contributed by atoms with van der Waals surface area (Å²) in [5.41, 5.74) is 1.76. The highest BCUT2D eigenvalue weighted by atomic mass is 16.4. The maximum atomic E-state index is 10.8. The second-order valence-corrected chi connectivity index (χ2v) is 4.87. The van der Waals surface area contributed by atoms with Crippen molar-refractivity contribution in [2.24, 2.45) is 5.92 Å². The van der Waals surface area contributed by atoms with E-state index in [1.54, 1.807) is 12.4 Å². The van der Waals surface area contributed by atoms with Crippen molar-refractivity contribution in [1.29, 1.82) is 0 Å². The molecule has 0 radical (unpaired) electrons. The monoisotopic (exact) mass is 270 g/mol. The first-order chi connectivity index (χ1) is 9.63. The van der Waals surface area contributed by atoms with E-state index in [0.29, 0.717) is 18.9 Å². The molecule has 1 aliphatic heterocycles. The Morgan fingerprint density at radius 1 is 1.30 bits per heavy atom. The van der Waals surface area contributed by atoms with Gasteiger partial charge in [0.1, 0.15) is 5.82 Å². The quantitative estimate of drug-likeness (QED) is 0.907. The van der Waals surface area contributed by atoms with Crippen molar-refractivity contribution in [3.63, 3.8) is 0 Å². The Labute approximate surface area is 116 Å². The fourth-order valence-electron chi connectivity index (χ4n) is 2.17. The Balaban J connectivity index is 1.87. The molecule has 2 aromatic heterocycles. The Bertz CT molecular complexity index is 639. The highest BCUT2D eigenvalue weighted by Crippen LogP contribution is 2.25. The van der Waals surface area contributed by atoms with E-state index in [2.05, 4.69) is 15.0 Å². The molecule has 6 nitrogen and oxygen atoms in total. The molecular weight excluding hydrogens is 256 g/mol. The summed E-state index contributed by atoms with van der Waals surface area (Å²) < 4.78 is 0. The van der Waals surface area contributed by atoms with E-state index in [1.807, 2.05) is 30.0 Å². The number of aryl methyl sites for hydroxylation is 1. The fourth-order valence-corrected chi connectivity index (χ4v) is 2.17. The van der Waals surface area contributed by atoms with Gasteiger partial charge in [0.15, 0.2) is 5.82 Å². The van der Waals surface area contributed by atoms with Gasteiger partial charge in [0.05, 0.1) is 5.92 Å². The molecule has 1 fully saturated rings. The lowest BCUT2D eigenvalue weighted by Gasteiger charge is -2.37. The molecule has 0 spiro atoms. The van der Waals surface area contributed by atoms with Crippen LogP contribution in [0.4, 0.5) is 5.82 Å². The van der Waals surface area contributed by atoms with Gasteiger partial charge in [-0.2, -0.15) is 0 Å². The summed E-state index contributed by atoms with van der Waals surface area (Å²) in [4.78, 5) is 25.7. The molecule has 3 rings (SSSR count). The normalized spacial score (nSPS) is 14.9. The lowest BCUT2D eigenvalue weighted by atomic mass is 10.0. The summed E-state index contributed by atoms with van der Waals surface area (Å²) >= 11 is 0. The largest absolute Gasteiger partial charge is 0.481 e. The molecule has 1 aliphatic rings. The minimum absolute atomic E-state index is 0.297. The van der Waals surface area contributed by atoms with Crippen molar-refractivity contribution in [2.45, 2.75) is 6.92 Å². The molecule has 2 aromatic rings. The first-order valence-electron chi connectivity index (χ1n) is 6.37. The molecule has 0 aliphatic carbocycles. The zero-order chi connectivity index (χ0) is 14.1. The molecule has 0 amide bonds. The van der Waals surface area contributed by atoms with Gasteiger partial charge in [-0.15, -0.1) is 0 Å². The van der Waals surface area contributed by atoms with Crippen LogP contribution in [0.3, 0.4) is 0 Å². The molecule has 1 saturated heterocycles. The van der Waals surface area contributed by atoms with Crippen molar-refractivity contribution in [1.82, 2.24) is 15.0 Å². The third-order valence-electron chi connectivity index (χ3n) is 3.33. The van der Waals surface area contributed by atoms with Gasteiger partial charge >= 0.3 is 5.97 Å². The number of aromatic nitrogens is 3. The van der Waals surface area contributed by atoms with Gasteiger partial charge < -0.3 is 10.0 Å². The lowest BCUT2D eigenvalue weighted by molar-refractivity contribution is -0.142. The number of hydrogen-bond acceptors (Lipinski definition) is 5. The molecule has 0 bridgehead atoms. The zero-order valence-electron chi connectivity index (χ0n) is 11.0. The van der Waals surface area contributed by atoms with Crippen LogP contribution in [0.15, 0.2) is 30.6 Å². The van der Waals surface area contributed by atoms with E-state index in [0.717, 1.165) is 17.1 Å². The SMILES string of the molecule is Cc1cc(N2CC(C(=O)O)C2)nc(-c2ccncc2)n1. The second kappa shape index (κ2) is 4.88. The van der Waals surface area contributed by atoms with Crippen molar-refractivity contribution >= 4 is 11.8 Å². The number of carboxylic acids is 1. The van der Waals surface area contributed by atoms with Gasteiger partial charge in [-0.1, -0.05) is 0 Å². The number of nitrogens with zero attached hydrogens (tertiary/aromatic N) is 4. The molecule has 0 atom stereocenters. The smallest absolute Gasteiger partial charge is 0.310 e. The van der Waals surface area contributed by atoms with Gasteiger partial charge in [0.25, 0.3) is 0 Å². The van der Waals surface area contributed by atoms with Gasteiger partial charge in [-0.3, -0.25) is 9.78 Å².